The van der Waals surface area contributed by atoms with E-state index in [1.807, 2.05) is 6.92 Å². The van der Waals surface area contributed by atoms with Crippen molar-refractivity contribution in [3.05, 3.63) is 12.2 Å². The molecule has 0 amide bonds. The fourth-order valence-corrected chi connectivity index (χ4v) is 9.04. The molecule has 0 aromatic heterocycles. The van der Waals surface area contributed by atoms with E-state index in [-0.39, 0.29) is 18.1 Å². The fourth-order valence-electron chi connectivity index (χ4n) is 9.04. The van der Waals surface area contributed by atoms with Crippen molar-refractivity contribution in [3.8, 4) is 0 Å². The van der Waals surface area contributed by atoms with Gasteiger partial charge in [0.1, 0.15) is 24.4 Å². The van der Waals surface area contributed by atoms with Crippen molar-refractivity contribution in [2.24, 2.45) is 34.0 Å². The van der Waals surface area contributed by atoms with Crippen LogP contribution >= 0.6 is 0 Å². The molecule has 1 heterocycles. The molecule has 10 heteroatoms. The van der Waals surface area contributed by atoms with Gasteiger partial charge in [-0.1, -0.05) is 19.9 Å². The zero-order chi connectivity index (χ0) is 26.4. The molecule has 202 valence electrons. The number of allylic oxidation sites excluding steroid dienone is 1. The Hall–Kier alpha value is -1.40. The number of fused-ring (bicyclic) bond motifs is 3. The maximum atomic E-state index is 13.7. The second-order valence-electron chi connectivity index (χ2n) is 12.3. The number of esters is 1. The summed E-state index contributed by atoms with van der Waals surface area (Å²) in [5.41, 5.74) is -2.36. The van der Waals surface area contributed by atoms with Gasteiger partial charge in [0.05, 0.1) is 24.2 Å². The number of carbonyl (C=O) groups excluding carboxylic acids is 2. The van der Waals surface area contributed by atoms with E-state index in [0.717, 1.165) is 0 Å². The van der Waals surface area contributed by atoms with Crippen molar-refractivity contribution in [1.29, 1.82) is 0 Å². The maximum absolute atomic E-state index is 13.7. The lowest BCUT2D eigenvalue weighted by Crippen LogP contribution is -2.67. The highest BCUT2D eigenvalue weighted by molar-refractivity contribution is 6.03. The van der Waals surface area contributed by atoms with Gasteiger partial charge in [-0.05, 0) is 55.9 Å². The molecular formula is C26H38O10. The van der Waals surface area contributed by atoms with Crippen LogP contribution in [0.5, 0.6) is 0 Å². The van der Waals surface area contributed by atoms with Crippen LogP contribution in [0.2, 0.25) is 0 Å². The first kappa shape index (κ1) is 26.2. The van der Waals surface area contributed by atoms with Crippen LogP contribution in [0.1, 0.15) is 52.4 Å². The number of aliphatic hydroxyl groups is 6. The molecule has 5 aliphatic rings. The summed E-state index contributed by atoms with van der Waals surface area (Å²) < 4.78 is 10.9. The Morgan fingerprint density at radius 3 is 2.39 bits per heavy atom. The molecule has 1 spiro atoms. The highest BCUT2D eigenvalue weighted by atomic mass is 16.7. The quantitative estimate of drug-likeness (QED) is 0.213. The number of ketones is 1. The first-order valence-corrected chi connectivity index (χ1v) is 12.9. The van der Waals surface area contributed by atoms with Gasteiger partial charge in [-0.15, -0.1) is 0 Å². The van der Waals surface area contributed by atoms with Gasteiger partial charge in [-0.2, -0.15) is 0 Å². The number of Topliss-reactive ketones (excluding diaryl/α,β-unsaturated/α-hetero) is 1. The molecule has 36 heavy (non-hydrogen) atoms. The summed E-state index contributed by atoms with van der Waals surface area (Å²) in [6.07, 6.45) is -6.93. The number of ether oxygens (including phenoxy) is 2. The zero-order valence-corrected chi connectivity index (χ0v) is 20.7. The number of hydrogen-bond donors (Lipinski definition) is 6. The van der Waals surface area contributed by atoms with E-state index >= 15 is 0 Å². The van der Waals surface area contributed by atoms with Gasteiger partial charge in [-0.3, -0.25) is 9.59 Å². The van der Waals surface area contributed by atoms with Gasteiger partial charge in [0, 0.05) is 17.3 Å². The summed E-state index contributed by atoms with van der Waals surface area (Å²) in [5, 5.41) is 62.8. The summed E-state index contributed by atoms with van der Waals surface area (Å²) in [4.78, 5) is 27.1. The number of aliphatic hydroxyl groups excluding tert-OH is 6. The van der Waals surface area contributed by atoms with Crippen LogP contribution < -0.4 is 0 Å². The van der Waals surface area contributed by atoms with Gasteiger partial charge in [-0.25, -0.2) is 0 Å². The lowest BCUT2D eigenvalue weighted by atomic mass is 9.39. The molecule has 6 N–H and O–H groups in total. The number of carbonyl (C=O) groups is 2. The number of hydrogen-bond acceptors (Lipinski definition) is 10. The average Bonchev–Trinajstić information content (AvgIpc) is 2.99. The third kappa shape index (κ3) is 3.35. The topological polar surface area (TPSA) is 174 Å². The van der Waals surface area contributed by atoms with Crippen molar-refractivity contribution in [2.75, 3.05) is 6.61 Å². The zero-order valence-electron chi connectivity index (χ0n) is 20.7. The molecule has 0 unspecified atom stereocenters. The average molecular weight is 511 g/mol. The van der Waals surface area contributed by atoms with Gasteiger partial charge in [0.15, 0.2) is 5.78 Å². The highest BCUT2D eigenvalue weighted by Crippen LogP contribution is 2.71. The predicted octanol–water partition coefficient (Wildman–Crippen LogP) is -0.581. The first-order valence-electron chi connectivity index (χ1n) is 12.9. The molecule has 5 fully saturated rings. The largest absolute Gasteiger partial charge is 0.432 e. The van der Waals surface area contributed by atoms with E-state index in [2.05, 4.69) is 6.58 Å². The molecule has 1 saturated heterocycles. The minimum atomic E-state index is -1.73. The van der Waals surface area contributed by atoms with Crippen LogP contribution in [-0.4, -0.2) is 91.9 Å². The molecule has 10 nitrogen and oxygen atoms in total. The molecule has 5 rings (SSSR count). The van der Waals surface area contributed by atoms with Crippen LogP contribution in [0.3, 0.4) is 0 Å². The monoisotopic (exact) mass is 510 g/mol. The van der Waals surface area contributed by atoms with E-state index in [1.54, 1.807) is 6.92 Å². The minimum Gasteiger partial charge on any atom is -0.432 e. The normalized spacial score (nSPS) is 54.6. The molecule has 2 bridgehead atoms. The molecule has 0 radical (unpaired) electrons. The van der Waals surface area contributed by atoms with E-state index in [0.29, 0.717) is 37.7 Å². The van der Waals surface area contributed by atoms with Crippen LogP contribution in [0.4, 0.5) is 0 Å². The molecule has 1 aliphatic heterocycles. The Bertz CT molecular complexity index is 951. The number of rotatable bonds is 3. The molecule has 0 aromatic carbocycles. The predicted molar refractivity (Wildman–Crippen MR) is 123 cm³/mol. The van der Waals surface area contributed by atoms with Gasteiger partial charge < -0.3 is 40.1 Å². The molecule has 0 aromatic rings. The Balaban J connectivity index is 1.47. The van der Waals surface area contributed by atoms with E-state index in [1.165, 1.54) is 0 Å². The van der Waals surface area contributed by atoms with Crippen LogP contribution in [0.25, 0.3) is 0 Å². The maximum Gasteiger partial charge on any atom is 0.314 e. The van der Waals surface area contributed by atoms with Crippen molar-refractivity contribution in [1.82, 2.24) is 0 Å². The second kappa shape index (κ2) is 8.56. The standard InChI is InChI=1S/C26H38O10/c1-11-12-7-13(28)20-24(2)5-4-6-25(3,19(24)14(29)9-26(20,8-12)21(11)33)23(34)36-22-18(32)17(31)16(30)15(10-27)35-22/h12-20,22,27-32H,1,4-10H2,2-3H3/t12-,13-,14-,15-,16-,17+,18-,19+,20+,22+,24-,25-,26+/m1/s1. The molecule has 4 aliphatic carbocycles. The third-order valence-corrected chi connectivity index (χ3v) is 10.4. The smallest absolute Gasteiger partial charge is 0.314 e. The van der Waals surface area contributed by atoms with Crippen LogP contribution in [-0.2, 0) is 19.1 Å². The van der Waals surface area contributed by atoms with Crippen molar-refractivity contribution >= 4 is 11.8 Å². The van der Waals surface area contributed by atoms with Crippen LogP contribution in [0, 0.1) is 34.0 Å². The Morgan fingerprint density at radius 1 is 1.03 bits per heavy atom. The second-order valence-corrected chi connectivity index (χ2v) is 12.3. The van der Waals surface area contributed by atoms with E-state index in [9.17, 15) is 40.2 Å². The molecule has 13 atom stereocenters. The lowest BCUT2D eigenvalue weighted by molar-refractivity contribution is -0.300. The third-order valence-electron chi connectivity index (χ3n) is 10.4. The minimum absolute atomic E-state index is 0.0797. The summed E-state index contributed by atoms with van der Waals surface area (Å²) in [7, 11) is 0. The van der Waals surface area contributed by atoms with Crippen molar-refractivity contribution in [3.63, 3.8) is 0 Å². The Morgan fingerprint density at radius 2 is 1.72 bits per heavy atom. The molecular weight excluding hydrogens is 472 g/mol. The van der Waals surface area contributed by atoms with Gasteiger partial charge in [0.25, 0.3) is 0 Å². The van der Waals surface area contributed by atoms with Crippen LogP contribution in [0.15, 0.2) is 12.2 Å². The SMILES string of the molecule is C=C1C(=O)[C@]23C[C@H]1C[C@@H](O)[C@H]2[C@]1(C)CCC[C@@](C)(C(=O)O[C@@H]2O[C@H](CO)[C@@H](O)[C@H](O)[C@H]2O)[C@H]1[C@H](O)C3. The Labute approximate surface area is 209 Å². The highest BCUT2D eigenvalue weighted by Gasteiger charge is 2.72. The summed E-state index contributed by atoms with van der Waals surface area (Å²) in [6, 6.07) is 0. The van der Waals surface area contributed by atoms with Crippen molar-refractivity contribution < 1.29 is 49.7 Å². The molecule has 4 saturated carbocycles. The van der Waals surface area contributed by atoms with E-state index < -0.39 is 83.6 Å². The fraction of sp³-hybridized carbons (Fsp3) is 0.846. The summed E-state index contributed by atoms with van der Waals surface area (Å²) in [5.74, 6) is -2.00. The van der Waals surface area contributed by atoms with Crippen molar-refractivity contribution in [2.45, 2.75) is 95.3 Å². The van der Waals surface area contributed by atoms with Gasteiger partial charge >= 0.3 is 5.97 Å². The van der Waals surface area contributed by atoms with E-state index in [4.69, 9.17) is 9.47 Å². The summed E-state index contributed by atoms with van der Waals surface area (Å²) in [6.45, 7) is 6.98. The Kier molecular flexibility index (Phi) is 6.23. The lowest BCUT2D eigenvalue weighted by Gasteiger charge is -2.65. The first-order chi connectivity index (χ1) is 16.8. The van der Waals surface area contributed by atoms with Gasteiger partial charge in [0.2, 0.25) is 6.29 Å². The summed E-state index contributed by atoms with van der Waals surface area (Å²) >= 11 is 0.